The molecular weight excluding hydrogens is 2480 g/mol. The molecule has 0 unspecified atom stereocenters. The van der Waals surface area contributed by atoms with E-state index in [4.69, 9.17) is 36.7 Å². The summed E-state index contributed by atoms with van der Waals surface area (Å²) in [4.78, 5) is 110. The van der Waals surface area contributed by atoms with Gasteiger partial charge in [0.2, 0.25) is 11.8 Å². The SMILES string of the molecule is CN1C(=O)C(=Cc2ccc(N3c4ccccc4[Si](C)(C)c4ccccc43)[se]2)C(=O)N(C)C1=S.CN1C(=O)C(=Cc2ccc(N3c4ccccc4[Si](C)(C)c4ccccc43)[se]2)C(=O)N(C)C1=S.CN1C(=O)CC(=O)N(C)C1=S.C[Si]1(C)c2ccccc2N(c2ccc(C=O)[se]2)c2ccccc21.C[Si]1(C)c2ccccc2N(c2ccc[se]2)c2ccccc21.C[Si]1(C)c2ccccc2Nc2ccccc21.Ic1ccc[se]1.c1cc[se]c1. The van der Waals surface area contributed by atoms with Gasteiger partial charge in [-0.15, -0.1) is 0 Å². The topological polar surface area (TPSA) is 164 Å². The normalized spacial score (nSPS) is 16.0. The number of amides is 6. The number of carbonyl (C=O) groups is 7. The molecule has 0 radical (unpaired) electrons. The number of carbonyl (C=O) groups excluding carboxylic acids is 7. The first-order valence-corrected chi connectivity index (χ1v) is 76.1. The molecule has 10 aromatic carbocycles. The standard InChI is InChI=1S/2C25H23N3O2SSeSi.C19H17NOSeSi.C18H17NSeSi.C14H15NSi.C6H8N2O2S.C4H3ISe.C4H4Se/c2*1-26-23(29)17(24(30)27(2)25(26)31)15-16-13-14-22(32-16)28-18-9-5-7-11-20(18)33(3,4)21-12-8-6-10-19(21)28;1-23(2)17-9-5-3-7-15(17)20(16-8-4-6-10-18(16)23)19-12-11-14(13-21)22-19;1-21(2)16-10-5-3-8-14(16)19(18-12-7-13-20-18)15-9-4-6-11-17(15)21;1-16(2)13-9-5-3-7-11(13)15-12-8-4-6-10-14(12)16;1-7-4(9)3-5(10)8(2)6(7)11;5-4-2-1-3-6-4;1-2-4-5-3-1/h2*5-15H,1-4H3;3-13H,1-2H3;3-13H,1-2H3;3-10,15H,1-2H3;3H2,1-2H3;1-3H;1-4H. The molecule has 0 aliphatic carbocycles. The molecule has 148 heavy (non-hydrogen) atoms. The Morgan fingerprint density at radius 1 is 0.277 bits per heavy atom. The molecule has 3 saturated heterocycles. The molecular formula is C115H110IN11O7S3Se6Si5. The van der Waals surface area contributed by atoms with E-state index in [9.17, 15) is 33.6 Å². The van der Waals surface area contributed by atoms with E-state index in [0.29, 0.717) is 43.5 Å². The fraction of sp³-hybridized carbons (Fsp3) is 0.148. The number of aldehydes is 1. The van der Waals surface area contributed by atoms with Crippen LogP contribution in [0.4, 0.5) is 75.1 Å². The van der Waals surface area contributed by atoms with Crippen LogP contribution in [0.15, 0.2) is 346 Å². The molecule has 0 bridgehead atoms. The summed E-state index contributed by atoms with van der Waals surface area (Å²) in [7, 11) is 1.10. The Morgan fingerprint density at radius 3 is 0.777 bits per heavy atom. The van der Waals surface area contributed by atoms with Crippen molar-refractivity contribution in [3.05, 3.63) is 362 Å². The molecule has 6 aromatic heterocycles. The Labute approximate surface area is 936 Å². The van der Waals surface area contributed by atoms with Crippen LogP contribution < -0.4 is 76.8 Å². The van der Waals surface area contributed by atoms with Crippen LogP contribution >= 0.6 is 59.2 Å². The summed E-state index contributed by atoms with van der Waals surface area (Å²) >= 11 is 19.4. The van der Waals surface area contributed by atoms with Crippen LogP contribution in [0.25, 0.3) is 12.2 Å². The first-order valence-electron chi connectivity index (χ1n) is 48.0. The predicted octanol–water partition coefficient (Wildman–Crippen LogP) is 16.7. The number of hydrogen-bond acceptors (Lipinski definition) is 15. The number of hydrogen-bond donors (Lipinski definition) is 1. The summed E-state index contributed by atoms with van der Waals surface area (Å²) in [5.41, 5.74) is 13.2. The van der Waals surface area contributed by atoms with Crippen LogP contribution in [-0.4, -0.2) is 256 Å². The second-order valence-corrected chi connectivity index (χ2v) is 76.7. The molecule has 33 heteroatoms. The number of para-hydroxylation sites is 10. The van der Waals surface area contributed by atoms with Crippen LogP contribution in [0.3, 0.4) is 0 Å². The van der Waals surface area contributed by atoms with E-state index in [1.165, 1.54) is 148 Å². The summed E-state index contributed by atoms with van der Waals surface area (Å²) in [5.74, 6) is -1.88. The molecule has 0 saturated carbocycles. The summed E-state index contributed by atoms with van der Waals surface area (Å²) in [5, 5.41) is 19.0. The molecule has 6 amide bonds. The number of nitrogens with zero attached hydrogens (tertiary/aromatic N) is 10. The molecule has 3 fully saturated rings. The van der Waals surface area contributed by atoms with Crippen molar-refractivity contribution in [2.75, 3.05) is 67.2 Å². The average Bonchev–Trinajstić information content (AvgIpc) is 1.16. The number of fused-ring (bicyclic) bond motifs is 10. The number of thiocarbonyl (C=S) groups is 3. The third-order valence-corrected chi connectivity index (χ3v) is 59.6. The van der Waals surface area contributed by atoms with Crippen molar-refractivity contribution in [3.63, 3.8) is 0 Å². The van der Waals surface area contributed by atoms with Gasteiger partial charge in [-0.25, -0.2) is 0 Å². The number of likely N-dealkylation sites (N-methyl/N-ethyl adjacent to an activating group) is 4. The maximum absolute atomic E-state index is 12.7. The first-order chi connectivity index (χ1) is 70.9. The van der Waals surface area contributed by atoms with Gasteiger partial charge in [0.05, 0.1) is 0 Å². The fourth-order valence-electron chi connectivity index (χ4n) is 19.7. The summed E-state index contributed by atoms with van der Waals surface area (Å²) in [6.45, 7) is 24.2. The van der Waals surface area contributed by atoms with E-state index < -0.39 is 40.4 Å². The molecule has 14 heterocycles. The summed E-state index contributed by atoms with van der Waals surface area (Å²) < 4.78 is 9.43. The van der Waals surface area contributed by atoms with E-state index in [2.05, 4.69) is 430 Å². The minimum atomic E-state index is -1.82. The van der Waals surface area contributed by atoms with Gasteiger partial charge < -0.3 is 5.32 Å². The zero-order chi connectivity index (χ0) is 105. The zero-order valence-corrected chi connectivity index (χ0v) is 105. The Balaban J connectivity index is 0.000000122. The summed E-state index contributed by atoms with van der Waals surface area (Å²) in [6, 6.07) is 113. The summed E-state index contributed by atoms with van der Waals surface area (Å²) in [6.07, 6.45) is 4.39. The third-order valence-electron chi connectivity index (χ3n) is 27.8. The molecule has 18 nitrogen and oxygen atoms in total. The van der Waals surface area contributed by atoms with E-state index in [1.54, 1.807) is 64.8 Å². The number of rotatable bonds is 7. The van der Waals surface area contributed by atoms with Gasteiger partial charge in [0, 0.05) is 25.5 Å². The van der Waals surface area contributed by atoms with Crippen LogP contribution in [0.1, 0.15) is 24.5 Å². The van der Waals surface area contributed by atoms with Crippen LogP contribution in [0.2, 0.25) is 65.5 Å². The average molecular weight is 2600 g/mol. The molecule has 0 atom stereocenters. The monoisotopic (exact) mass is 2600 g/mol. The van der Waals surface area contributed by atoms with Crippen molar-refractivity contribution in [3.8, 4) is 0 Å². The number of nitrogens with one attached hydrogen (secondary N) is 1. The predicted molar refractivity (Wildman–Crippen MR) is 652 cm³/mol. The second kappa shape index (κ2) is 45.8. The molecule has 1 N–H and O–H groups in total. The van der Waals surface area contributed by atoms with Crippen molar-refractivity contribution < 1.29 is 33.6 Å². The molecule has 24 rings (SSSR count). The van der Waals surface area contributed by atoms with Gasteiger partial charge in [0.1, 0.15) is 14.5 Å². The van der Waals surface area contributed by atoms with Crippen molar-refractivity contribution in [1.82, 2.24) is 29.4 Å². The van der Waals surface area contributed by atoms with Crippen molar-refractivity contribution in [1.29, 1.82) is 0 Å². The maximum atomic E-state index is 12.7. The third kappa shape index (κ3) is 21.7. The molecule has 8 aliphatic rings. The van der Waals surface area contributed by atoms with Crippen molar-refractivity contribution in [2.45, 2.75) is 71.9 Å². The van der Waals surface area contributed by atoms with Crippen LogP contribution in [0.5, 0.6) is 0 Å². The quantitative estimate of drug-likeness (QED) is 0.0305. The Hall–Kier alpha value is -10.7. The van der Waals surface area contributed by atoms with Gasteiger partial charge in [-0.3, -0.25) is 19.4 Å². The van der Waals surface area contributed by atoms with Gasteiger partial charge in [0.25, 0.3) is 0 Å². The van der Waals surface area contributed by atoms with Crippen LogP contribution in [0, 0.1) is 2.44 Å². The van der Waals surface area contributed by atoms with Gasteiger partial charge in [-0.1, -0.05) is 49.5 Å². The van der Waals surface area contributed by atoms with Gasteiger partial charge in [0.15, 0.2) is 5.11 Å². The molecule has 16 aromatic rings. The fourth-order valence-corrected chi connectivity index (χ4v) is 45.5. The minimum absolute atomic E-state index is 0.0636. The molecule has 0 spiro atoms. The Bertz CT molecular complexity index is 7340. The van der Waals surface area contributed by atoms with Crippen LogP contribution in [-0.2, 0) is 28.8 Å². The number of benzene rings is 10. The van der Waals surface area contributed by atoms with E-state index in [1.807, 2.05) is 18.2 Å². The second-order valence-electron chi connectivity index (χ2n) is 38.6. The molecule has 8 aliphatic heterocycles. The van der Waals surface area contributed by atoms with Crippen molar-refractivity contribution >= 4 is 383 Å². The Kier molecular flexibility index (Phi) is 33.6. The first kappa shape index (κ1) is 108. The van der Waals surface area contributed by atoms with Crippen molar-refractivity contribution in [2.24, 2.45) is 0 Å². The Morgan fingerprint density at radius 2 is 0.527 bits per heavy atom. The van der Waals surface area contributed by atoms with E-state index in [0.717, 1.165) is 19.6 Å². The van der Waals surface area contributed by atoms with Gasteiger partial charge in [-0.2, -0.15) is 0 Å². The number of anilines is 14. The number of halogens is 1. The zero-order valence-electron chi connectivity index (χ0n) is 84.7. The van der Waals surface area contributed by atoms with E-state index in [-0.39, 0.29) is 112 Å². The van der Waals surface area contributed by atoms with Gasteiger partial charge in [-0.05, 0) is 34.7 Å². The van der Waals surface area contributed by atoms with Gasteiger partial charge >= 0.3 is 781 Å². The van der Waals surface area contributed by atoms with E-state index >= 15 is 0 Å². The molecule has 748 valence electrons.